The highest BCUT2D eigenvalue weighted by Crippen LogP contribution is 2.25. The van der Waals surface area contributed by atoms with Crippen LogP contribution in [0.15, 0.2) is 42.9 Å². The average molecular weight is 397 g/mol. The van der Waals surface area contributed by atoms with Crippen molar-refractivity contribution in [1.29, 1.82) is 0 Å². The molecule has 0 radical (unpaired) electrons. The van der Waals surface area contributed by atoms with Crippen molar-refractivity contribution in [2.45, 2.75) is 32.4 Å². The van der Waals surface area contributed by atoms with E-state index in [9.17, 15) is 9.50 Å². The summed E-state index contributed by atoms with van der Waals surface area (Å²) in [7, 11) is 0. The van der Waals surface area contributed by atoms with Gasteiger partial charge in [-0.1, -0.05) is 12.1 Å². The molecule has 1 aliphatic heterocycles. The van der Waals surface area contributed by atoms with Crippen LogP contribution in [-0.4, -0.2) is 62.9 Å². The van der Waals surface area contributed by atoms with Crippen molar-refractivity contribution in [3.63, 3.8) is 0 Å². The van der Waals surface area contributed by atoms with Gasteiger partial charge in [0.2, 0.25) is 0 Å². The Bertz CT molecular complexity index is 955. The number of fused-ring (bicyclic) bond motifs is 1. The molecule has 7 heteroatoms. The third-order valence-corrected chi connectivity index (χ3v) is 5.51. The van der Waals surface area contributed by atoms with Crippen LogP contribution in [0, 0.1) is 5.82 Å². The van der Waals surface area contributed by atoms with Crippen molar-refractivity contribution in [2.75, 3.05) is 37.6 Å². The van der Waals surface area contributed by atoms with Gasteiger partial charge in [0.05, 0.1) is 11.0 Å². The fourth-order valence-corrected chi connectivity index (χ4v) is 3.77. The van der Waals surface area contributed by atoms with Crippen LogP contribution in [0.4, 0.5) is 10.2 Å². The highest BCUT2D eigenvalue weighted by Gasteiger charge is 2.22. The largest absolute Gasteiger partial charge is 0.390 e. The van der Waals surface area contributed by atoms with Crippen LogP contribution in [0.5, 0.6) is 0 Å². The number of nitrogens with zero attached hydrogens (tertiary/aromatic N) is 5. The van der Waals surface area contributed by atoms with Gasteiger partial charge in [-0.25, -0.2) is 14.4 Å². The Morgan fingerprint density at radius 3 is 2.45 bits per heavy atom. The number of hydrogen-bond acceptors (Lipinski definition) is 5. The third-order valence-electron chi connectivity index (χ3n) is 5.51. The second kappa shape index (κ2) is 8.08. The first-order valence-corrected chi connectivity index (χ1v) is 10.1. The summed E-state index contributed by atoms with van der Waals surface area (Å²) in [4.78, 5) is 13.8. The van der Waals surface area contributed by atoms with E-state index in [0.29, 0.717) is 6.54 Å². The van der Waals surface area contributed by atoms with E-state index in [1.807, 2.05) is 20.0 Å². The van der Waals surface area contributed by atoms with Gasteiger partial charge in [0.1, 0.15) is 23.6 Å². The summed E-state index contributed by atoms with van der Waals surface area (Å²) < 4.78 is 15.2. The summed E-state index contributed by atoms with van der Waals surface area (Å²) in [6.45, 7) is 8.99. The number of halogens is 1. The third kappa shape index (κ3) is 4.74. The number of piperazine rings is 1. The van der Waals surface area contributed by atoms with E-state index < -0.39 is 5.60 Å². The summed E-state index contributed by atoms with van der Waals surface area (Å²) in [5.41, 5.74) is 1.30. The smallest absolute Gasteiger partial charge is 0.145 e. The van der Waals surface area contributed by atoms with Gasteiger partial charge in [-0.2, -0.15) is 0 Å². The summed E-state index contributed by atoms with van der Waals surface area (Å²) in [6.07, 6.45) is 4.42. The van der Waals surface area contributed by atoms with E-state index in [1.165, 1.54) is 12.1 Å². The lowest BCUT2D eigenvalue weighted by molar-refractivity contribution is 0.0569. The van der Waals surface area contributed by atoms with Gasteiger partial charge in [0.25, 0.3) is 0 Å². The second-order valence-corrected chi connectivity index (χ2v) is 8.40. The molecule has 4 rings (SSSR count). The lowest BCUT2D eigenvalue weighted by atomic mass is 10.1. The number of hydrogen-bond donors (Lipinski definition) is 1. The van der Waals surface area contributed by atoms with Crippen molar-refractivity contribution in [3.8, 4) is 0 Å². The first kappa shape index (κ1) is 19.8. The van der Waals surface area contributed by atoms with E-state index in [1.54, 1.807) is 18.5 Å². The quantitative estimate of drug-likeness (QED) is 0.693. The minimum atomic E-state index is -0.622. The number of anilines is 1. The maximum absolute atomic E-state index is 13.2. The van der Waals surface area contributed by atoms with Crippen LogP contribution in [-0.2, 0) is 6.54 Å². The molecule has 3 heterocycles. The fourth-order valence-electron chi connectivity index (χ4n) is 3.77. The van der Waals surface area contributed by atoms with E-state index in [-0.39, 0.29) is 5.82 Å². The van der Waals surface area contributed by atoms with Gasteiger partial charge in [0, 0.05) is 45.5 Å². The molecule has 0 bridgehead atoms. The molecule has 1 aliphatic rings. The highest BCUT2D eigenvalue weighted by atomic mass is 19.1. The van der Waals surface area contributed by atoms with Crippen LogP contribution < -0.4 is 4.90 Å². The summed E-state index contributed by atoms with van der Waals surface area (Å²) >= 11 is 0. The molecule has 0 amide bonds. The minimum Gasteiger partial charge on any atom is -0.390 e. The van der Waals surface area contributed by atoms with Crippen molar-refractivity contribution in [2.24, 2.45) is 0 Å². The molecule has 1 aromatic carbocycles. The van der Waals surface area contributed by atoms with E-state index in [4.69, 9.17) is 0 Å². The van der Waals surface area contributed by atoms with E-state index in [0.717, 1.165) is 61.6 Å². The lowest BCUT2D eigenvalue weighted by Gasteiger charge is -2.36. The maximum Gasteiger partial charge on any atom is 0.145 e. The van der Waals surface area contributed by atoms with Gasteiger partial charge in [0.15, 0.2) is 0 Å². The molecule has 0 saturated carbocycles. The Balaban J connectivity index is 1.46. The molecule has 1 saturated heterocycles. The molecule has 0 aliphatic carbocycles. The Kier molecular flexibility index (Phi) is 5.52. The van der Waals surface area contributed by atoms with E-state index in [2.05, 4.69) is 30.4 Å². The van der Waals surface area contributed by atoms with Gasteiger partial charge in [-0.15, -0.1) is 0 Å². The number of rotatable bonds is 6. The molecule has 6 nitrogen and oxygen atoms in total. The van der Waals surface area contributed by atoms with Crippen LogP contribution >= 0.6 is 0 Å². The SMILES string of the molecule is CC(C)(O)CCN1CCN(c2ncnc3c2ccn3Cc2ccc(F)cc2)CC1. The van der Waals surface area contributed by atoms with Gasteiger partial charge >= 0.3 is 0 Å². The molecule has 0 spiro atoms. The molecule has 3 aromatic rings. The molecule has 1 fully saturated rings. The first-order chi connectivity index (χ1) is 13.9. The van der Waals surface area contributed by atoms with Crippen LogP contribution in [0.25, 0.3) is 11.0 Å². The number of aromatic nitrogens is 3. The molecule has 2 aromatic heterocycles. The van der Waals surface area contributed by atoms with Crippen molar-refractivity contribution < 1.29 is 9.50 Å². The summed E-state index contributed by atoms with van der Waals surface area (Å²) in [6, 6.07) is 8.64. The van der Waals surface area contributed by atoms with Crippen LogP contribution in [0.2, 0.25) is 0 Å². The average Bonchev–Trinajstić information content (AvgIpc) is 3.11. The van der Waals surface area contributed by atoms with Crippen LogP contribution in [0.1, 0.15) is 25.8 Å². The van der Waals surface area contributed by atoms with Gasteiger partial charge in [-0.05, 0) is 44.0 Å². The Morgan fingerprint density at radius 1 is 1.03 bits per heavy atom. The Labute approximate surface area is 170 Å². The normalized spacial score (nSPS) is 15.9. The molecular formula is C22H28FN5O. The van der Waals surface area contributed by atoms with Gasteiger partial charge in [-0.3, -0.25) is 4.90 Å². The van der Waals surface area contributed by atoms with Gasteiger partial charge < -0.3 is 14.6 Å². The summed E-state index contributed by atoms with van der Waals surface area (Å²) in [5.74, 6) is 0.743. The zero-order valence-electron chi connectivity index (χ0n) is 17.1. The maximum atomic E-state index is 13.2. The molecule has 0 atom stereocenters. The van der Waals surface area contributed by atoms with Crippen molar-refractivity contribution in [1.82, 2.24) is 19.4 Å². The minimum absolute atomic E-state index is 0.225. The molecule has 0 unspecified atom stereocenters. The first-order valence-electron chi connectivity index (χ1n) is 10.1. The van der Waals surface area contributed by atoms with Crippen LogP contribution in [0.3, 0.4) is 0 Å². The van der Waals surface area contributed by atoms with Crippen molar-refractivity contribution >= 4 is 16.9 Å². The van der Waals surface area contributed by atoms with E-state index >= 15 is 0 Å². The van der Waals surface area contributed by atoms with Crippen molar-refractivity contribution in [3.05, 3.63) is 54.2 Å². The predicted octanol–water partition coefficient (Wildman–Crippen LogP) is 2.90. The zero-order valence-corrected chi connectivity index (χ0v) is 17.1. The number of aliphatic hydroxyl groups is 1. The Morgan fingerprint density at radius 2 is 1.76 bits per heavy atom. The lowest BCUT2D eigenvalue weighted by Crippen LogP contribution is -2.47. The fraction of sp³-hybridized carbons (Fsp3) is 0.455. The Hall–Kier alpha value is -2.51. The zero-order chi connectivity index (χ0) is 20.4. The second-order valence-electron chi connectivity index (χ2n) is 8.40. The molecular weight excluding hydrogens is 369 g/mol. The molecule has 29 heavy (non-hydrogen) atoms. The molecule has 1 N–H and O–H groups in total. The standard InChI is InChI=1S/C22H28FN5O/c1-22(2,29)8-10-26-11-13-27(14-12-26)20-19-7-9-28(21(19)25-16-24-20)15-17-3-5-18(23)6-4-17/h3-7,9,16,29H,8,10-15H2,1-2H3. The number of benzene rings is 1. The topological polar surface area (TPSA) is 57.4 Å². The summed E-state index contributed by atoms with van der Waals surface area (Å²) in [5, 5.41) is 11.0. The predicted molar refractivity (Wildman–Crippen MR) is 113 cm³/mol. The molecule has 154 valence electrons. The highest BCUT2D eigenvalue weighted by molar-refractivity contribution is 5.88. The monoisotopic (exact) mass is 397 g/mol.